The second kappa shape index (κ2) is 6.35. The third kappa shape index (κ3) is 6.05. The van der Waals surface area contributed by atoms with E-state index in [9.17, 15) is 4.79 Å². The van der Waals surface area contributed by atoms with Gasteiger partial charge < -0.3 is 5.32 Å². The molecule has 0 bridgehead atoms. The normalized spacial score (nSPS) is 13.0. The summed E-state index contributed by atoms with van der Waals surface area (Å²) in [7, 11) is 1.92. The second-order valence-corrected chi connectivity index (χ2v) is 3.03. The Bertz CT molecular complexity index is 112. The molecule has 0 amide bonds. The van der Waals surface area contributed by atoms with Gasteiger partial charge in [0.1, 0.15) is 5.78 Å². The molecule has 0 fully saturated rings. The van der Waals surface area contributed by atoms with Crippen molar-refractivity contribution in [2.24, 2.45) is 0 Å². The number of carbonyl (C=O) groups excluding carboxylic acids is 1. The van der Waals surface area contributed by atoms with E-state index in [-0.39, 0.29) is 5.78 Å². The van der Waals surface area contributed by atoms with Crippen molar-refractivity contribution in [3.8, 4) is 0 Å². The van der Waals surface area contributed by atoms with Crippen molar-refractivity contribution >= 4 is 5.78 Å². The molecule has 0 heterocycles. The van der Waals surface area contributed by atoms with Crippen LogP contribution >= 0.6 is 0 Å². The summed E-state index contributed by atoms with van der Waals surface area (Å²) >= 11 is 0. The fraction of sp³-hybridized carbons (Fsp3) is 0.889. The Morgan fingerprint density at radius 2 is 2.18 bits per heavy atom. The fourth-order valence-corrected chi connectivity index (χ4v) is 1.15. The molecule has 2 nitrogen and oxygen atoms in total. The summed E-state index contributed by atoms with van der Waals surface area (Å²) in [6.07, 6.45) is 4.21. The minimum absolute atomic E-state index is 0.278. The van der Waals surface area contributed by atoms with Gasteiger partial charge in [0.15, 0.2) is 0 Å². The minimum Gasteiger partial charge on any atom is -0.317 e. The van der Waals surface area contributed by atoms with Crippen molar-refractivity contribution in [3.63, 3.8) is 0 Å². The molecule has 0 aromatic rings. The molecule has 66 valence electrons. The molecule has 11 heavy (non-hydrogen) atoms. The first-order valence-corrected chi connectivity index (χ1v) is 4.37. The number of carbonyl (C=O) groups is 1. The van der Waals surface area contributed by atoms with E-state index in [1.807, 2.05) is 7.05 Å². The van der Waals surface area contributed by atoms with Crippen molar-refractivity contribution in [3.05, 3.63) is 0 Å². The van der Waals surface area contributed by atoms with E-state index in [1.165, 1.54) is 12.8 Å². The quantitative estimate of drug-likeness (QED) is 0.636. The molecule has 0 radical (unpaired) electrons. The average molecular weight is 157 g/mol. The van der Waals surface area contributed by atoms with Gasteiger partial charge >= 0.3 is 0 Å². The average Bonchev–Trinajstić information content (AvgIpc) is 1.97. The van der Waals surface area contributed by atoms with E-state index >= 15 is 0 Å². The summed E-state index contributed by atoms with van der Waals surface area (Å²) in [5, 5.41) is 3.15. The van der Waals surface area contributed by atoms with E-state index < -0.39 is 0 Å². The fourth-order valence-electron chi connectivity index (χ4n) is 1.15. The van der Waals surface area contributed by atoms with Gasteiger partial charge in [-0.3, -0.25) is 4.79 Å². The van der Waals surface area contributed by atoms with Crippen LogP contribution in [-0.4, -0.2) is 18.9 Å². The van der Waals surface area contributed by atoms with Crippen LogP contribution in [0.15, 0.2) is 0 Å². The topological polar surface area (TPSA) is 29.1 Å². The molecule has 1 unspecified atom stereocenters. The highest BCUT2D eigenvalue weighted by Crippen LogP contribution is 2.03. The van der Waals surface area contributed by atoms with Crippen molar-refractivity contribution in [2.45, 2.75) is 45.6 Å². The lowest BCUT2D eigenvalue weighted by Crippen LogP contribution is -2.27. The van der Waals surface area contributed by atoms with Crippen molar-refractivity contribution < 1.29 is 4.79 Å². The SMILES string of the molecule is CCCCC(CC(C)=O)NC. The molecule has 0 aliphatic rings. The molecule has 0 aliphatic carbocycles. The monoisotopic (exact) mass is 157 g/mol. The van der Waals surface area contributed by atoms with Crippen LogP contribution in [0.25, 0.3) is 0 Å². The van der Waals surface area contributed by atoms with Gasteiger partial charge in [-0.25, -0.2) is 0 Å². The zero-order valence-electron chi connectivity index (χ0n) is 7.81. The maximum atomic E-state index is 10.7. The molecule has 0 aromatic carbocycles. The molecule has 0 rings (SSSR count). The van der Waals surface area contributed by atoms with Gasteiger partial charge in [0, 0.05) is 12.5 Å². The Hall–Kier alpha value is -0.370. The standard InChI is InChI=1S/C9H19NO/c1-4-5-6-9(10-3)7-8(2)11/h9-10H,4-7H2,1-3H3. The Morgan fingerprint density at radius 3 is 2.55 bits per heavy atom. The summed E-state index contributed by atoms with van der Waals surface area (Å²) in [5.41, 5.74) is 0. The second-order valence-electron chi connectivity index (χ2n) is 3.03. The molecule has 0 aliphatic heterocycles. The molecule has 2 heteroatoms. The number of Topliss-reactive ketones (excluding diaryl/α,β-unsaturated/α-hetero) is 1. The van der Waals surface area contributed by atoms with E-state index in [0.29, 0.717) is 12.5 Å². The predicted molar refractivity (Wildman–Crippen MR) is 47.7 cm³/mol. The first kappa shape index (κ1) is 10.6. The molecule has 0 saturated carbocycles. The van der Waals surface area contributed by atoms with Crippen molar-refractivity contribution in [2.75, 3.05) is 7.05 Å². The van der Waals surface area contributed by atoms with Crippen LogP contribution in [0.2, 0.25) is 0 Å². The van der Waals surface area contributed by atoms with Gasteiger partial charge in [-0.05, 0) is 20.4 Å². The molecular formula is C9H19NO. The maximum Gasteiger partial charge on any atom is 0.131 e. The maximum absolute atomic E-state index is 10.7. The first-order valence-electron chi connectivity index (χ1n) is 4.37. The van der Waals surface area contributed by atoms with E-state index in [1.54, 1.807) is 6.92 Å². The largest absolute Gasteiger partial charge is 0.317 e. The zero-order valence-corrected chi connectivity index (χ0v) is 7.81. The van der Waals surface area contributed by atoms with Crippen LogP contribution in [0.3, 0.4) is 0 Å². The Labute approximate surface area is 69.4 Å². The predicted octanol–water partition coefficient (Wildman–Crippen LogP) is 1.74. The number of hydrogen-bond acceptors (Lipinski definition) is 2. The Balaban J connectivity index is 3.49. The van der Waals surface area contributed by atoms with Gasteiger partial charge in [0.2, 0.25) is 0 Å². The highest BCUT2D eigenvalue weighted by molar-refractivity contribution is 5.76. The molecule has 1 atom stereocenters. The van der Waals surface area contributed by atoms with Crippen LogP contribution in [0.4, 0.5) is 0 Å². The van der Waals surface area contributed by atoms with Crippen LogP contribution in [0.1, 0.15) is 39.5 Å². The summed E-state index contributed by atoms with van der Waals surface area (Å²) in [4.78, 5) is 10.7. The van der Waals surface area contributed by atoms with Gasteiger partial charge in [-0.1, -0.05) is 19.8 Å². The number of hydrogen-bond donors (Lipinski definition) is 1. The van der Waals surface area contributed by atoms with Crippen LogP contribution in [-0.2, 0) is 4.79 Å². The van der Waals surface area contributed by atoms with Gasteiger partial charge in [0.05, 0.1) is 0 Å². The lowest BCUT2D eigenvalue weighted by molar-refractivity contribution is -0.117. The van der Waals surface area contributed by atoms with Gasteiger partial charge in [-0.15, -0.1) is 0 Å². The third-order valence-electron chi connectivity index (χ3n) is 1.85. The van der Waals surface area contributed by atoms with Crippen LogP contribution < -0.4 is 5.32 Å². The highest BCUT2D eigenvalue weighted by Gasteiger charge is 2.06. The van der Waals surface area contributed by atoms with Crippen LogP contribution in [0.5, 0.6) is 0 Å². The lowest BCUT2D eigenvalue weighted by atomic mass is 10.1. The van der Waals surface area contributed by atoms with Crippen molar-refractivity contribution in [1.29, 1.82) is 0 Å². The summed E-state index contributed by atoms with van der Waals surface area (Å²) in [6.45, 7) is 3.82. The summed E-state index contributed by atoms with van der Waals surface area (Å²) < 4.78 is 0. The zero-order chi connectivity index (χ0) is 8.69. The number of nitrogens with one attached hydrogen (secondary N) is 1. The molecule has 1 N–H and O–H groups in total. The summed E-state index contributed by atoms with van der Waals surface area (Å²) in [6, 6.07) is 0.396. The Morgan fingerprint density at radius 1 is 1.55 bits per heavy atom. The highest BCUT2D eigenvalue weighted by atomic mass is 16.1. The lowest BCUT2D eigenvalue weighted by Gasteiger charge is -2.12. The first-order chi connectivity index (χ1) is 5.20. The number of rotatable bonds is 6. The van der Waals surface area contributed by atoms with Crippen molar-refractivity contribution in [1.82, 2.24) is 5.32 Å². The van der Waals surface area contributed by atoms with E-state index in [4.69, 9.17) is 0 Å². The van der Waals surface area contributed by atoms with Crippen LogP contribution in [0, 0.1) is 0 Å². The summed E-state index contributed by atoms with van der Waals surface area (Å²) in [5.74, 6) is 0.278. The third-order valence-corrected chi connectivity index (χ3v) is 1.85. The smallest absolute Gasteiger partial charge is 0.131 e. The minimum atomic E-state index is 0.278. The molecule has 0 saturated heterocycles. The molecular weight excluding hydrogens is 138 g/mol. The van der Waals surface area contributed by atoms with E-state index in [2.05, 4.69) is 12.2 Å². The van der Waals surface area contributed by atoms with Gasteiger partial charge in [-0.2, -0.15) is 0 Å². The molecule has 0 aromatic heterocycles. The number of unbranched alkanes of at least 4 members (excludes halogenated alkanes) is 1. The Kier molecular flexibility index (Phi) is 6.13. The van der Waals surface area contributed by atoms with Gasteiger partial charge in [0.25, 0.3) is 0 Å². The molecule has 0 spiro atoms. The van der Waals surface area contributed by atoms with E-state index in [0.717, 1.165) is 6.42 Å². The number of ketones is 1.